The van der Waals surface area contributed by atoms with Gasteiger partial charge in [0.15, 0.2) is 5.69 Å². The van der Waals surface area contributed by atoms with Crippen molar-refractivity contribution in [3.63, 3.8) is 0 Å². The highest BCUT2D eigenvalue weighted by Crippen LogP contribution is 2.28. The maximum absolute atomic E-state index is 12.9. The van der Waals surface area contributed by atoms with Crippen LogP contribution in [0.2, 0.25) is 0 Å². The third-order valence-corrected chi connectivity index (χ3v) is 6.05. The molecular formula is C26H30N4O2. The second-order valence-corrected chi connectivity index (χ2v) is 8.30. The molecule has 4 rings (SSSR count). The molecule has 1 heterocycles. The number of hydrogen-bond acceptors (Lipinski definition) is 3. The van der Waals surface area contributed by atoms with E-state index in [-0.39, 0.29) is 18.2 Å². The minimum absolute atomic E-state index is 0.000857. The van der Waals surface area contributed by atoms with Gasteiger partial charge in [-0.25, -0.2) is 4.68 Å². The summed E-state index contributed by atoms with van der Waals surface area (Å²) in [7, 11) is 1.79. The lowest BCUT2D eigenvalue weighted by Crippen LogP contribution is -2.32. The lowest BCUT2D eigenvalue weighted by molar-refractivity contribution is -0.130. The van der Waals surface area contributed by atoms with Crippen LogP contribution in [0, 0.1) is 0 Å². The molecule has 2 amide bonds. The van der Waals surface area contributed by atoms with Crippen LogP contribution in [0.4, 0.5) is 0 Å². The normalized spacial score (nSPS) is 12.4. The van der Waals surface area contributed by atoms with Crippen LogP contribution in [0.5, 0.6) is 0 Å². The van der Waals surface area contributed by atoms with Gasteiger partial charge in [0.2, 0.25) is 5.91 Å². The summed E-state index contributed by atoms with van der Waals surface area (Å²) in [5, 5.41) is 7.55. The van der Waals surface area contributed by atoms with Crippen molar-refractivity contribution in [2.75, 3.05) is 13.6 Å². The van der Waals surface area contributed by atoms with E-state index in [0.29, 0.717) is 18.8 Å². The summed E-state index contributed by atoms with van der Waals surface area (Å²) in [5.74, 6) is -0.202. The van der Waals surface area contributed by atoms with Crippen molar-refractivity contribution in [2.45, 2.75) is 45.6 Å². The van der Waals surface area contributed by atoms with Gasteiger partial charge in [0.25, 0.3) is 5.91 Å². The minimum Gasteiger partial charge on any atom is -0.350 e. The fraction of sp³-hybridized carbons (Fsp3) is 0.346. The van der Waals surface area contributed by atoms with E-state index in [0.717, 1.165) is 48.2 Å². The van der Waals surface area contributed by atoms with Gasteiger partial charge in [-0.05, 0) is 48.9 Å². The number of carbonyl (C=O) groups excluding carboxylic acids is 2. The van der Waals surface area contributed by atoms with Crippen LogP contribution in [0.25, 0.3) is 5.69 Å². The predicted octanol–water partition coefficient (Wildman–Crippen LogP) is 3.70. The van der Waals surface area contributed by atoms with Crippen LogP contribution in [0.1, 0.15) is 52.6 Å². The standard InChI is InChI=1S/C26H30N4O2/c1-3-19-12-14-21(15-13-19)30-23-11-7-10-22(23)25(28-30)26(32)27-17-16-24(31)29(2)18-20-8-5-4-6-9-20/h4-6,8-9,12-15H,3,7,10-11,16-18H2,1-2H3,(H,27,32). The molecule has 1 aliphatic carbocycles. The molecule has 0 atom stereocenters. The Kier molecular flexibility index (Phi) is 6.69. The monoisotopic (exact) mass is 430 g/mol. The van der Waals surface area contributed by atoms with E-state index in [1.165, 1.54) is 5.56 Å². The zero-order chi connectivity index (χ0) is 22.5. The van der Waals surface area contributed by atoms with Crippen LogP contribution in [-0.4, -0.2) is 40.1 Å². The summed E-state index contributed by atoms with van der Waals surface area (Å²) in [6.45, 7) is 2.99. The van der Waals surface area contributed by atoms with E-state index in [1.807, 2.05) is 35.0 Å². The topological polar surface area (TPSA) is 67.2 Å². The summed E-state index contributed by atoms with van der Waals surface area (Å²) >= 11 is 0. The minimum atomic E-state index is -0.203. The van der Waals surface area contributed by atoms with Gasteiger partial charge >= 0.3 is 0 Å². The van der Waals surface area contributed by atoms with Crippen LogP contribution < -0.4 is 5.32 Å². The molecule has 0 radical (unpaired) electrons. The highest BCUT2D eigenvalue weighted by atomic mass is 16.2. The third kappa shape index (κ3) is 4.74. The molecule has 1 aliphatic rings. The quantitative estimate of drug-likeness (QED) is 0.593. The number of aromatic nitrogens is 2. The fourth-order valence-corrected chi connectivity index (χ4v) is 4.21. The summed E-state index contributed by atoms with van der Waals surface area (Å²) in [6.07, 6.45) is 4.07. The molecule has 1 N–H and O–H groups in total. The van der Waals surface area contributed by atoms with Gasteiger partial charge in [-0.15, -0.1) is 0 Å². The number of fused-ring (bicyclic) bond motifs is 1. The molecule has 0 spiro atoms. The number of hydrogen-bond donors (Lipinski definition) is 1. The first-order chi connectivity index (χ1) is 15.6. The van der Waals surface area contributed by atoms with Crippen molar-refractivity contribution in [2.24, 2.45) is 0 Å². The molecule has 2 aromatic carbocycles. The van der Waals surface area contributed by atoms with Gasteiger partial charge in [0.05, 0.1) is 5.69 Å². The van der Waals surface area contributed by atoms with E-state index in [9.17, 15) is 9.59 Å². The van der Waals surface area contributed by atoms with Crippen molar-refractivity contribution < 1.29 is 9.59 Å². The summed E-state index contributed by atoms with van der Waals surface area (Å²) in [5.41, 5.74) is 5.99. The molecule has 166 valence electrons. The molecule has 0 saturated carbocycles. The summed E-state index contributed by atoms with van der Waals surface area (Å²) in [6, 6.07) is 18.2. The van der Waals surface area contributed by atoms with Crippen LogP contribution >= 0.6 is 0 Å². The first-order valence-electron chi connectivity index (χ1n) is 11.3. The molecule has 0 aliphatic heterocycles. The Bertz CT molecular complexity index is 1090. The molecular weight excluding hydrogens is 400 g/mol. The van der Waals surface area contributed by atoms with Gasteiger partial charge in [0.1, 0.15) is 0 Å². The van der Waals surface area contributed by atoms with Gasteiger partial charge < -0.3 is 10.2 Å². The Balaban J connectivity index is 1.38. The predicted molar refractivity (Wildman–Crippen MR) is 125 cm³/mol. The molecule has 6 nitrogen and oxygen atoms in total. The van der Waals surface area contributed by atoms with E-state index >= 15 is 0 Å². The number of aryl methyl sites for hydroxylation is 1. The number of rotatable bonds is 8. The maximum Gasteiger partial charge on any atom is 0.272 e. The maximum atomic E-state index is 12.9. The number of carbonyl (C=O) groups is 2. The van der Waals surface area contributed by atoms with Crippen molar-refractivity contribution in [1.29, 1.82) is 0 Å². The number of benzene rings is 2. The highest BCUT2D eigenvalue weighted by Gasteiger charge is 2.27. The summed E-state index contributed by atoms with van der Waals surface area (Å²) in [4.78, 5) is 27.0. The first kappa shape index (κ1) is 21.8. The Morgan fingerprint density at radius 1 is 1.03 bits per heavy atom. The second kappa shape index (κ2) is 9.81. The number of amides is 2. The lowest BCUT2D eigenvalue weighted by Gasteiger charge is -2.17. The Morgan fingerprint density at radius 3 is 2.50 bits per heavy atom. The molecule has 0 bridgehead atoms. The largest absolute Gasteiger partial charge is 0.350 e. The van der Waals surface area contributed by atoms with Gasteiger partial charge in [0, 0.05) is 37.8 Å². The molecule has 0 unspecified atom stereocenters. The Labute approximate surface area is 189 Å². The second-order valence-electron chi connectivity index (χ2n) is 8.30. The molecule has 3 aromatic rings. The molecule has 0 fully saturated rings. The fourth-order valence-electron chi connectivity index (χ4n) is 4.21. The van der Waals surface area contributed by atoms with E-state index in [4.69, 9.17) is 0 Å². The first-order valence-corrected chi connectivity index (χ1v) is 11.3. The van der Waals surface area contributed by atoms with Crippen molar-refractivity contribution in [1.82, 2.24) is 20.0 Å². The smallest absolute Gasteiger partial charge is 0.272 e. The van der Waals surface area contributed by atoms with E-state index in [2.05, 4.69) is 41.6 Å². The number of nitrogens with one attached hydrogen (secondary N) is 1. The van der Waals surface area contributed by atoms with Crippen LogP contribution in [-0.2, 0) is 30.6 Å². The number of nitrogens with zero attached hydrogens (tertiary/aromatic N) is 3. The zero-order valence-corrected chi connectivity index (χ0v) is 18.8. The van der Waals surface area contributed by atoms with Crippen molar-refractivity contribution in [3.8, 4) is 5.69 Å². The molecule has 6 heteroatoms. The summed E-state index contributed by atoms with van der Waals surface area (Å²) < 4.78 is 1.91. The van der Waals surface area contributed by atoms with Crippen molar-refractivity contribution >= 4 is 11.8 Å². The Morgan fingerprint density at radius 2 is 1.78 bits per heavy atom. The van der Waals surface area contributed by atoms with Crippen molar-refractivity contribution in [3.05, 3.63) is 82.7 Å². The molecule has 1 aromatic heterocycles. The zero-order valence-electron chi connectivity index (χ0n) is 18.8. The molecule has 32 heavy (non-hydrogen) atoms. The van der Waals surface area contributed by atoms with Crippen LogP contribution in [0.3, 0.4) is 0 Å². The van der Waals surface area contributed by atoms with Gasteiger partial charge in [-0.1, -0.05) is 49.4 Å². The lowest BCUT2D eigenvalue weighted by atomic mass is 10.1. The Hall–Kier alpha value is -3.41. The average molecular weight is 431 g/mol. The average Bonchev–Trinajstić information content (AvgIpc) is 3.42. The van der Waals surface area contributed by atoms with E-state index in [1.54, 1.807) is 11.9 Å². The van der Waals surface area contributed by atoms with Crippen LogP contribution in [0.15, 0.2) is 54.6 Å². The molecule has 0 saturated heterocycles. The SMILES string of the molecule is CCc1ccc(-n2nc(C(=O)NCCC(=O)N(C)Cc3ccccc3)c3c2CCC3)cc1. The highest BCUT2D eigenvalue weighted by molar-refractivity contribution is 5.94. The van der Waals surface area contributed by atoms with Gasteiger partial charge in [-0.2, -0.15) is 5.10 Å². The third-order valence-electron chi connectivity index (χ3n) is 6.05. The van der Waals surface area contributed by atoms with Gasteiger partial charge in [-0.3, -0.25) is 9.59 Å². The van der Waals surface area contributed by atoms with E-state index < -0.39 is 0 Å².